The van der Waals surface area contributed by atoms with Gasteiger partial charge in [0.05, 0.1) is 33.6 Å². The molecule has 0 radical (unpaired) electrons. The van der Waals surface area contributed by atoms with Crippen LogP contribution in [0.3, 0.4) is 0 Å². The molecule has 6 heteroatoms. The molecule has 10 heterocycles. The van der Waals surface area contributed by atoms with Crippen molar-refractivity contribution >= 4 is 23.0 Å². The van der Waals surface area contributed by atoms with Crippen LogP contribution in [0.25, 0.3) is 45.0 Å². The number of fused-ring (bicyclic) bond motifs is 8. The Kier molecular flexibility index (Phi) is 26.0. The Morgan fingerprint density at radius 2 is 0.581 bits per heavy atom. The van der Waals surface area contributed by atoms with Crippen molar-refractivity contribution in [2.45, 2.75) is 163 Å². The average molecular weight is 1150 g/mol. The molecule has 0 saturated carbocycles. The topological polar surface area (TPSA) is 22.0 Å². The molecule has 0 aliphatic carbocycles. The van der Waals surface area contributed by atoms with Gasteiger partial charge in [0.1, 0.15) is 29.1 Å². The highest BCUT2D eigenvalue weighted by Crippen LogP contribution is 2.58. The summed E-state index contributed by atoms with van der Waals surface area (Å²) >= 11 is 0. The van der Waals surface area contributed by atoms with Crippen LogP contribution >= 0.6 is 0 Å². The van der Waals surface area contributed by atoms with Gasteiger partial charge >= 0.3 is 11.3 Å². The van der Waals surface area contributed by atoms with Crippen molar-refractivity contribution in [1.29, 1.82) is 0 Å². The number of nitrogens with zero attached hydrogens (tertiary/aromatic N) is 6. The monoisotopic (exact) mass is 1150 g/mol. The number of hydrogen-bond donors (Lipinski definition) is 0. The molecule has 86 heavy (non-hydrogen) atoms. The molecule has 6 aliphatic heterocycles. The third kappa shape index (κ3) is 11.0. The molecule has 6 nitrogen and oxygen atoms in total. The van der Waals surface area contributed by atoms with Crippen molar-refractivity contribution in [3.63, 3.8) is 0 Å². The van der Waals surface area contributed by atoms with E-state index >= 15 is 0 Å². The van der Waals surface area contributed by atoms with Crippen LogP contribution in [0.2, 0.25) is 0 Å². The normalized spacial score (nSPS) is 12.2. The highest BCUT2D eigenvalue weighted by atomic mass is 15.5. The van der Waals surface area contributed by atoms with Gasteiger partial charge in [-0.3, -0.25) is 0 Å². The molecule has 448 valence electrons. The van der Waals surface area contributed by atoms with E-state index in [9.17, 15) is 0 Å². The van der Waals surface area contributed by atoms with Crippen molar-refractivity contribution in [2.75, 3.05) is 9.80 Å². The summed E-state index contributed by atoms with van der Waals surface area (Å²) < 4.78 is 10.1. The van der Waals surface area contributed by atoms with Gasteiger partial charge in [-0.1, -0.05) is 248 Å². The van der Waals surface area contributed by atoms with Crippen LogP contribution in [0.15, 0.2) is 231 Å². The van der Waals surface area contributed by atoms with Crippen molar-refractivity contribution in [1.82, 2.24) is 0 Å². The van der Waals surface area contributed by atoms with Crippen LogP contribution in [0.1, 0.15) is 172 Å². The molecule has 0 fully saturated rings. The van der Waals surface area contributed by atoms with E-state index in [4.69, 9.17) is 0 Å². The number of benzene rings is 6. The van der Waals surface area contributed by atoms with E-state index in [2.05, 4.69) is 259 Å². The fourth-order valence-corrected chi connectivity index (χ4v) is 12.7. The molecule has 6 aromatic carbocycles. The molecule has 0 bridgehead atoms. The molecule has 6 aliphatic rings. The average Bonchev–Trinajstić information content (AvgIpc) is 1.50. The van der Waals surface area contributed by atoms with Crippen LogP contribution in [-0.2, 0) is 24.4 Å². The molecule has 2 spiro atoms. The molecule has 0 amide bonds. The largest absolute Gasteiger partial charge is 0.421 e. The summed E-state index contributed by atoms with van der Waals surface area (Å²) in [5.74, 6) is 2.45. The third-order valence-electron chi connectivity index (χ3n) is 15.0. The summed E-state index contributed by atoms with van der Waals surface area (Å²) in [6.45, 7) is 41.7. The first-order chi connectivity index (χ1) is 42.8. The van der Waals surface area contributed by atoms with E-state index in [1.165, 1.54) is 101 Å². The summed E-state index contributed by atoms with van der Waals surface area (Å²) in [6.07, 6.45) is 4.50. The maximum atomic E-state index is 2.57. The number of rotatable bonds is 4. The lowest BCUT2D eigenvalue weighted by Gasteiger charge is -2.35. The summed E-state index contributed by atoms with van der Waals surface area (Å²) in [6, 6.07) is 79.6. The van der Waals surface area contributed by atoms with E-state index in [1.54, 1.807) is 0 Å². The van der Waals surface area contributed by atoms with Gasteiger partial charge in [-0.25, -0.2) is 0 Å². The molecule has 4 aromatic heterocycles. The van der Waals surface area contributed by atoms with Gasteiger partial charge in [-0.05, 0) is 83.9 Å². The van der Waals surface area contributed by atoms with Crippen molar-refractivity contribution in [3.8, 4) is 45.0 Å². The first kappa shape index (κ1) is 68.3. The second-order valence-corrected chi connectivity index (χ2v) is 18.1. The second-order valence-electron chi connectivity index (χ2n) is 18.1. The first-order valence-corrected chi connectivity index (χ1v) is 33.0. The van der Waals surface area contributed by atoms with Crippen LogP contribution in [0.5, 0.6) is 0 Å². The van der Waals surface area contributed by atoms with Gasteiger partial charge in [0.15, 0.2) is 12.4 Å². The lowest BCUT2D eigenvalue weighted by molar-refractivity contribution is -0.955. The van der Waals surface area contributed by atoms with Gasteiger partial charge in [0.2, 0.25) is 11.4 Å². The summed E-state index contributed by atoms with van der Waals surface area (Å²) in [5, 5.41) is 0. The molecular weight excluding hydrogens is 1040 g/mol. The Morgan fingerprint density at radius 3 is 0.977 bits per heavy atom. The number of pyridine rings is 4. The maximum absolute atomic E-state index is 2.57. The first-order valence-electron chi connectivity index (χ1n) is 33.0. The van der Waals surface area contributed by atoms with Crippen LogP contribution in [0.4, 0.5) is 23.0 Å². The van der Waals surface area contributed by atoms with Crippen LogP contribution in [0, 0.1) is 0 Å². The fourth-order valence-electron chi connectivity index (χ4n) is 12.7. The predicted molar refractivity (Wildman–Crippen MR) is 369 cm³/mol. The van der Waals surface area contributed by atoms with E-state index in [0.717, 1.165) is 13.1 Å². The Morgan fingerprint density at radius 1 is 0.267 bits per heavy atom. The molecular formula is C80H102N6+4. The van der Waals surface area contributed by atoms with Crippen molar-refractivity contribution in [3.05, 3.63) is 264 Å². The van der Waals surface area contributed by atoms with Gasteiger partial charge in [-0.2, -0.15) is 14.0 Å². The Labute approximate surface area is 520 Å². The quantitative estimate of drug-likeness (QED) is 0.164. The summed E-state index contributed by atoms with van der Waals surface area (Å²) in [5.41, 5.74) is 20.1. The van der Waals surface area contributed by atoms with Crippen molar-refractivity contribution < 1.29 is 18.3 Å². The van der Waals surface area contributed by atoms with Gasteiger partial charge < -0.3 is 4.90 Å². The molecule has 0 saturated heterocycles. The van der Waals surface area contributed by atoms with Crippen LogP contribution < -0.4 is 28.1 Å². The van der Waals surface area contributed by atoms with Crippen molar-refractivity contribution in [2.24, 2.45) is 0 Å². The smallest absolute Gasteiger partial charge is 0.336 e. The molecule has 16 rings (SSSR count). The van der Waals surface area contributed by atoms with E-state index < -0.39 is 11.3 Å². The molecule has 10 aromatic rings. The Hall–Kier alpha value is -8.48. The number of hydrogen-bond acceptors (Lipinski definition) is 2. The lowest BCUT2D eigenvalue weighted by Crippen LogP contribution is -2.76. The summed E-state index contributed by atoms with van der Waals surface area (Å²) in [4.78, 5) is 4.99. The van der Waals surface area contributed by atoms with Gasteiger partial charge in [0.25, 0.3) is 11.6 Å². The van der Waals surface area contributed by atoms with E-state index in [1.807, 2.05) is 138 Å². The highest BCUT2D eigenvalue weighted by molar-refractivity contribution is 5.90. The summed E-state index contributed by atoms with van der Waals surface area (Å²) in [7, 11) is 0. The van der Waals surface area contributed by atoms with E-state index in [0.29, 0.717) is 0 Å². The minimum Gasteiger partial charge on any atom is -0.336 e. The van der Waals surface area contributed by atoms with Gasteiger partial charge in [-0.15, -0.1) is 9.13 Å². The minimum atomic E-state index is -0.405. The Balaban J connectivity index is 0.000000244. The number of anilines is 4. The number of aromatic nitrogens is 4. The highest BCUT2D eigenvalue weighted by Gasteiger charge is 2.71. The fraction of sp³-hybridized carbons (Fsp3) is 0.300. The molecule has 0 unspecified atom stereocenters. The SMILES string of the molecule is CC.CC.CC.CC.CC.CC.CC.CC.CC.CC.c1ccc(CN2c3cccc4[n+]3C3(c5ccccc5-4)c4ccccc4-c4cccc2[n+]43)cc1.c1ccc(CN2c3cccc4c3C3(c5c(cccc52)-c2cccc[n+]23)[n+]2ccccc2-4)cc1. The maximum Gasteiger partial charge on any atom is 0.421 e. The zero-order valence-electron chi connectivity index (χ0n) is 56.0. The van der Waals surface area contributed by atoms with Crippen LogP contribution in [-0.4, -0.2) is 0 Å². The lowest BCUT2D eigenvalue weighted by atomic mass is 9.83. The van der Waals surface area contributed by atoms with E-state index in [-0.39, 0.29) is 0 Å². The predicted octanol–water partition coefficient (Wildman–Crippen LogP) is 20.6. The van der Waals surface area contributed by atoms with Gasteiger partial charge in [0, 0.05) is 54.1 Å². The second kappa shape index (κ2) is 32.7. The zero-order chi connectivity index (χ0) is 63.1. The third-order valence-corrected chi connectivity index (χ3v) is 15.0. The standard InChI is InChI=1S/2C30H21N3.10C2H6/c1-2-10-21(11-3-1)20-31-26-16-8-12-22-24-14-4-6-18-32(24)30(28(22)26)29-23(13-9-17-27(29)31)25-15-5-7-19-33(25)30;1-2-10-21(11-3-1)20-31-28-18-8-16-26-22-12-4-6-14-24(22)30(32(26)28)25-15-7-5-13-23(25)27-17-9-19-29(31)33(27)30;10*1-2/h2*1-19H,20H2;10*1-2H3/q2*+2;;;;;;;;;;. The molecule has 0 atom stereocenters. The zero-order valence-corrected chi connectivity index (χ0v) is 56.0. The minimum absolute atomic E-state index is 0.405. The molecule has 0 N–H and O–H groups in total. The Bertz CT molecular complexity index is 3250.